The Bertz CT molecular complexity index is 468. The second-order valence-electron chi connectivity index (χ2n) is 4.26. The third kappa shape index (κ3) is 3.70. The number of halogens is 1. The van der Waals surface area contributed by atoms with Gasteiger partial charge in [0.2, 0.25) is 10.0 Å². The van der Waals surface area contributed by atoms with Gasteiger partial charge in [-0.1, -0.05) is 26.0 Å². The van der Waals surface area contributed by atoms with Crippen LogP contribution in [0.5, 0.6) is 0 Å². The summed E-state index contributed by atoms with van der Waals surface area (Å²) in [7, 11) is -3.36. The molecule has 1 aromatic carbocycles. The van der Waals surface area contributed by atoms with E-state index in [9.17, 15) is 8.42 Å². The van der Waals surface area contributed by atoms with Gasteiger partial charge in [0, 0.05) is 11.9 Å². The van der Waals surface area contributed by atoms with E-state index >= 15 is 0 Å². The van der Waals surface area contributed by atoms with Crippen LogP contribution in [-0.4, -0.2) is 20.3 Å². The quantitative estimate of drug-likeness (QED) is 0.818. The highest BCUT2D eigenvalue weighted by molar-refractivity contribution is 7.89. The van der Waals surface area contributed by atoms with E-state index in [1.807, 2.05) is 19.1 Å². The van der Waals surface area contributed by atoms with Gasteiger partial charge in [-0.15, -0.1) is 11.6 Å². The van der Waals surface area contributed by atoms with Crippen LogP contribution in [0.1, 0.15) is 38.7 Å². The van der Waals surface area contributed by atoms with E-state index in [0.717, 1.165) is 12.0 Å². The van der Waals surface area contributed by atoms with Crippen LogP contribution in [0.2, 0.25) is 0 Å². The molecule has 0 bridgehead atoms. The van der Waals surface area contributed by atoms with Gasteiger partial charge >= 0.3 is 0 Å². The lowest BCUT2D eigenvalue weighted by Crippen LogP contribution is -2.23. The van der Waals surface area contributed by atoms with Gasteiger partial charge < -0.3 is 0 Å². The summed E-state index contributed by atoms with van der Waals surface area (Å²) in [5.74, 6) is 0.252. The predicted molar refractivity (Wildman–Crippen MR) is 75.7 cm³/mol. The molecule has 0 saturated carbocycles. The van der Waals surface area contributed by atoms with Crippen LogP contribution in [0.25, 0.3) is 0 Å². The van der Waals surface area contributed by atoms with Crippen LogP contribution in [0.4, 0.5) is 0 Å². The van der Waals surface area contributed by atoms with Crippen molar-refractivity contribution in [2.75, 3.05) is 6.54 Å². The van der Waals surface area contributed by atoms with Gasteiger partial charge in [0.25, 0.3) is 0 Å². The van der Waals surface area contributed by atoms with Gasteiger partial charge in [0.15, 0.2) is 0 Å². The highest BCUT2D eigenvalue weighted by Crippen LogP contribution is 2.27. The minimum Gasteiger partial charge on any atom is -0.211 e. The van der Waals surface area contributed by atoms with Crippen molar-refractivity contribution in [3.05, 3.63) is 29.8 Å². The Hall–Kier alpha value is -0.580. The largest absolute Gasteiger partial charge is 0.240 e. The van der Waals surface area contributed by atoms with Crippen molar-refractivity contribution in [1.82, 2.24) is 4.72 Å². The first-order valence-electron chi connectivity index (χ1n) is 6.16. The molecule has 18 heavy (non-hydrogen) atoms. The van der Waals surface area contributed by atoms with E-state index in [4.69, 9.17) is 11.6 Å². The van der Waals surface area contributed by atoms with Gasteiger partial charge in [-0.05, 0) is 37.0 Å². The van der Waals surface area contributed by atoms with E-state index in [0.29, 0.717) is 11.4 Å². The zero-order valence-electron chi connectivity index (χ0n) is 11.0. The molecule has 1 aromatic rings. The average molecular weight is 290 g/mol. The predicted octanol–water partition coefficient (Wildman–Crippen LogP) is 3.11. The molecule has 0 aliphatic carbocycles. The SMILES string of the molecule is CCNS(=O)(=O)c1ccc(C(CC)C(C)Cl)cc1. The lowest BCUT2D eigenvalue weighted by atomic mass is 9.94. The monoisotopic (exact) mass is 289 g/mol. The summed E-state index contributed by atoms with van der Waals surface area (Å²) in [6.45, 7) is 6.18. The smallest absolute Gasteiger partial charge is 0.211 e. The molecular formula is C13H20ClNO2S. The molecule has 1 rings (SSSR count). The second-order valence-corrected chi connectivity index (χ2v) is 6.72. The molecular weight excluding hydrogens is 270 g/mol. The highest BCUT2D eigenvalue weighted by Gasteiger charge is 2.17. The van der Waals surface area contributed by atoms with Crippen LogP contribution in [0, 0.1) is 0 Å². The summed E-state index contributed by atoms with van der Waals surface area (Å²) < 4.78 is 26.0. The third-order valence-electron chi connectivity index (χ3n) is 2.95. The Kier molecular flexibility index (Phi) is 5.63. The van der Waals surface area contributed by atoms with Gasteiger partial charge in [-0.25, -0.2) is 13.1 Å². The molecule has 0 aliphatic heterocycles. The zero-order valence-corrected chi connectivity index (χ0v) is 12.6. The molecule has 0 amide bonds. The molecule has 0 heterocycles. The summed E-state index contributed by atoms with van der Waals surface area (Å²) >= 11 is 6.13. The Morgan fingerprint density at radius 1 is 1.22 bits per heavy atom. The van der Waals surface area contributed by atoms with Gasteiger partial charge in [-0.3, -0.25) is 0 Å². The fourth-order valence-corrected chi connectivity index (χ4v) is 3.36. The first kappa shape index (κ1) is 15.5. The first-order chi connectivity index (χ1) is 8.42. The molecule has 2 atom stereocenters. The fraction of sp³-hybridized carbons (Fsp3) is 0.538. The van der Waals surface area contributed by atoms with Crippen molar-refractivity contribution in [3.8, 4) is 0 Å². The van der Waals surface area contributed by atoms with Crippen molar-refractivity contribution in [2.24, 2.45) is 0 Å². The van der Waals surface area contributed by atoms with Crippen molar-refractivity contribution in [2.45, 2.75) is 43.4 Å². The Morgan fingerprint density at radius 2 is 1.78 bits per heavy atom. The second kappa shape index (κ2) is 6.55. The highest BCUT2D eigenvalue weighted by atomic mass is 35.5. The van der Waals surface area contributed by atoms with E-state index in [1.54, 1.807) is 19.1 Å². The number of alkyl halides is 1. The van der Waals surface area contributed by atoms with Crippen molar-refractivity contribution in [1.29, 1.82) is 0 Å². The normalized spacial score (nSPS) is 15.3. The fourth-order valence-electron chi connectivity index (χ4n) is 1.99. The topological polar surface area (TPSA) is 46.2 Å². The lowest BCUT2D eigenvalue weighted by Gasteiger charge is -2.18. The van der Waals surface area contributed by atoms with Crippen molar-refractivity contribution < 1.29 is 8.42 Å². The number of nitrogens with one attached hydrogen (secondary N) is 1. The molecule has 102 valence electrons. The maximum atomic E-state index is 11.8. The molecule has 5 heteroatoms. The molecule has 0 saturated heterocycles. The Labute approximate surface area is 115 Å². The Morgan fingerprint density at radius 3 is 2.17 bits per heavy atom. The van der Waals surface area contributed by atoms with E-state index < -0.39 is 10.0 Å². The minimum atomic E-state index is -3.36. The van der Waals surface area contributed by atoms with Crippen LogP contribution < -0.4 is 4.72 Å². The number of benzene rings is 1. The van der Waals surface area contributed by atoms with E-state index in [1.165, 1.54) is 0 Å². The molecule has 3 nitrogen and oxygen atoms in total. The maximum absolute atomic E-state index is 11.8. The Balaban J connectivity index is 2.99. The van der Waals surface area contributed by atoms with Crippen LogP contribution >= 0.6 is 11.6 Å². The first-order valence-corrected chi connectivity index (χ1v) is 8.08. The summed E-state index contributed by atoms with van der Waals surface area (Å²) in [6.07, 6.45) is 0.934. The standard InChI is InChI=1S/C13H20ClNO2S/c1-4-13(10(3)14)11-6-8-12(9-7-11)18(16,17)15-5-2/h6-10,13,15H,4-5H2,1-3H3. The number of hydrogen-bond donors (Lipinski definition) is 1. The summed E-state index contributed by atoms with van der Waals surface area (Å²) in [4.78, 5) is 0.296. The molecule has 0 spiro atoms. The van der Waals surface area contributed by atoms with Crippen LogP contribution in [-0.2, 0) is 10.0 Å². The van der Waals surface area contributed by atoms with E-state index in [-0.39, 0.29) is 11.3 Å². The molecule has 0 aromatic heterocycles. The average Bonchev–Trinajstić information content (AvgIpc) is 2.30. The van der Waals surface area contributed by atoms with Gasteiger partial charge in [-0.2, -0.15) is 0 Å². The van der Waals surface area contributed by atoms with Gasteiger partial charge in [0.1, 0.15) is 0 Å². The van der Waals surface area contributed by atoms with E-state index in [2.05, 4.69) is 11.6 Å². The molecule has 0 aliphatic rings. The summed E-state index contributed by atoms with van der Waals surface area (Å²) in [6, 6.07) is 6.96. The van der Waals surface area contributed by atoms with Crippen molar-refractivity contribution >= 4 is 21.6 Å². The van der Waals surface area contributed by atoms with Gasteiger partial charge in [0.05, 0.1) is 4.90 Å². The summed E-state index contributed by atoms with van der Waals surface area (Å²) in [5, 5.41) is 0.0335. The number of sulfonamides is 1. The molecule has 0 fully saturated rings. The lowest BCUT2D eigenvalue weighted by molar-refractivity contribution is 0.583. The number of hydrogen-bond acceptors (Lipinski definition) is 2. The van der Waals surface area contributed by atoms with Crippen molar-refractivity contribution in [3.63, 3.8) is 0 Å². The van der Waals surface area contributed by atoms with Crippen LogP contribution in [0.15, 0.2) is 29.2 Å². The molecule has 2 unspecified atom stereocenters. The van der Waals surface area contributed by atoms with Crippen LogP contribution in [0.3, 0.4) is 0 Å². The third-order valence-corrected chi connectivity index (χ3v) is 4.81. The molecule has 1 N–H and O–H groups in total. The number of rotatable bonds is 6. The molecule has 0 radical (unpaired) electrons. The zero-order chi connectivity index (χ0) is 13.8. The minimum absolute atomic E-state index is 0.0335. The maximum Gasteiger partial charge on any atom is 0.240 e. The summed E-state index contributed by atoms with van der Waals surface area (Å²) in [5.41, 5.74) is 1.08.